The molecule has 2 N–H and O–H groups in total. The largest absolute Gasteiger partial charge is 0.325 e. The molecule has 0 aromatic heterocycles. The molecule has 2 saturated heterocycles. The van der Waals surface area contributed by atoms with Gasteiger partial charge < -0.3 is 10.6 Å². The lowest BCUT2D eigenvalue weighted by Crippen LogP contribution is -2.59. The van der Waals surface area contributed by atoms with Gasteiger partial charge in [0.05, 0.1) is 18.0 Å². The maximum absolute atomic E-state index is 13.4. The van der Waals surface area contributed by atoms with Crippen molar-refractivity contribution in [3.05, 3.63) is 65.0 Å². The number of sulfonamides is 1. The summed E-state index contributed by atoms with van der Waals surface area (Å²) in [6, 6.07) is 11.5. The van der Waals surface area contributed by atoms with Crippen LogP contribution in [-0.4, -0.2) is 86.3 Å². The van der Waals surface area contributed by atoms with Gasteiger partial charge in [-0.2, -0.15) is 4.31 Å². The van der Waals surface area contributed by atoms with E-state index in [9.17, 15) is 13.2 Å². The summed E-state index contributed by atoms with van der Waals surface area (Å²) < 4.78 is 28.3. The minimum Gasteiger partial charge on any atom is -0.325 e. The zero-order valence-electron chi connectivity index (χ0n) is 21.8. The zero-order chi connectivity index (χ0) is 26.6. The molecule has 0 aliphatic carbocycles. The highest BCUT2D eigenvalue weighted by Crippen LogP contribution is 2.28. The molecule has 198 valence electrons. The smallest absolute Gasteiger partial charge is 0.242 e. The van der Waals surface area contributed by atoms with Gasteiger partial charge in [0.2, 0.25) is 15.9 Å². The Morgan fingerprint density at radius 2 is 1.76 bits per heavy atom. The molecule has 2 aliphatic heterocycles. The molecular formula is C27H36N6O3S. The van der Waals surface area contributed by atoms with Gasteiger partial charge >= 0.3 is 0 Å². The monoisotopic (exact) mass is 524 g/mol. The Hall–Kier alpha value is -2.81. The first kappa shape index (κ1) is 27.2. The number of nitrogens with zero attached hydrogens (tertiary/aromatic N) is 4. The predicted octanol–water partition coefficient (Wildman–Crippen LogP) is 2.67. The Kier molecular flexibility index (Phi) is 8.62. The van der Waals surface area contributed by atoms with Crippen molar-refractivity contribution >= 4 is 27.3 Å². The topological polar surface area (TPSA) is 89.3 Å². The Morgan fingerprint density at radius 3 is 2.43 bits per heavy atom. The van der Waals surface area contributed by atoms with Crippen molar-refractivity contribution in [2.45, 2.75) is 44.3 Å². The normalized spacial score (nSPS) is 21.9. The second kappa shape index (κ2) is 11.7. The van der Waals surface area contributed by atoms with E-state index in [1.807, 2.05) is 37.8 Å². The van der Waals surface area contributed by atoms with Crippen LogP contribution in [-0.2, 0) is 21.4 Å². The minimum atomic E-state index is -3.76. The van der Waals surface area contributed by atoms with Crippen LogP contribution in [0.4, 0.5) is 11.4 Å². The third-order valence-electron chi connectivity index (χ3n) is 7.13. The number of anilines is 1. The standard InChI is InChI=1S/C27H36N6O3S/c1-20-16-32(17-21(2)33(20)37(35,36)25-9-6-8-24(15-25)28-4)19-27(34)30-26-10-5-7-23(22(26)3)18-31-13-11-29-12-14-31/h5-10,15,20-21,29H,11-14,16-19H2,1-3H3,(H,30,34)/t20-,21+. The van der Waals surface area contributed by atoms with E-state index in [2.05, 4.69) is 26.4 Å². The highest BCUT2D eigenvalue weighted by Gasteiger charge is 2.38. The average molecular weight is 525 g/mol. The minimum absolute atomic E-state index is 0.108. The number of hydrogen-bond donors (Lipinski definition) is 2. The van der Waals surface area contributed by atoms with E-state index in [0.717, 1.165) is 44.0 Å². The molecule has 2 heterocycles. The lowest BCUT2D eigenvalue weighted by atomic mass is 10.1. The number of carbonyl (C=O) groups excluding carboxylic acids is 1. The molecule has 0 radical (unpaired) electrons. The first-order valence-corrected chi connectivity index (χ1v) is 14.2. The fourth-order valence-electron chi connectivity index (χ4n) is 5.35. The first-order chi connectivity index (χ1) is 17.7. The van der Waals surface area contributed by atoms with Crippen LogP contribution in [0.25, 0.3) is 4.85 Å². The van der Waals surface area contributed by atoms with E-state index in [1.165, 1.54) is 22.0 Å². The van der Waals surface area contributed by atoms with Gasteiger partial charge in [0.1, 0.15) is 0 Å². The summed E-state index contributed by atoms with van der Waals surface area (Å²) in [4.78, 5) is 20.9. The number of amides is 1. The molecular weight excluding hydrogens is 488 g/mol. The van der Waals surface area contributed by atoms with E-state index in [-0.39, 0.29) is 29.4 Å². The van der Waals surface area contributed by atoms with Crippen molar-refractivity contribution < 1.29 is 13.2 Å². The average Bonchev–Trinajstić information content (AvgIpc) is 2.86. The summed E-state index contributed by atoms with van der Waals surface area (Å²) in [7, 11) is -3.76. The number of nitrogens with one attached hydrogen (secondary N) is 2. The van der Waals surface area contributed by atoms with E-state index in [0.29, 0.717) is 18.8 Å². The molecule has 2 aliphatic rings. The summed E-state index contributed by atoms with van der Waals surface area (Å²) in [5.74, 6) is -0.108. The lowest BCUT2D eigenvalue weighted by Gasteiger charge is -2.43. The molecule has 2 aromatic carbocycles. The number of hydrogen-bond acceptors (Lipinski definition) is 6. The zero-order valence-corrected chi connectivity index (χ0v) is 22.6. The molecule has 0 bridgehead atoms. The summed E-state index contributed by atoms with van der Waals surface area (Å²) in [5.41, 5.74) is 3.40. The summed E-state index contributed by atoms with van der Waals surface area (Å²) in [6.07, 6.45) is 0. The van der Waals surface area contributed by atoms with Crippen molar-refractivity contribution in [2.75, 3.05) is 51.1 Å². The van der Waals surface area contributed by atoms with Gasteiger partial charge in [-0.1, -0.05) is 24.3 Å². The molecule has 1 amide bonds. The SMILES string of the molecule is [C-]#[N+]c1cccc(S(=O)(=O)N2[C@H](C)CN(CC(=O)Nc3cccc(CN4CCNCC4)c3C)C[C@@H]2C)c1. The number of rotatable bonds is 7. The molecule has 2 atom stereocenters. The quantitative estimate of drug-likeness (QED) is 0.542. The van der Waals surface area contributed by atoms with E-state index < -0.39 is 10.0 Å². The molecule has 9 nitrogen and oxygen atoms in total. The molecule has 4 rings (SSSR count). The Balaban J connectivity index is 1.38. The summed E-state index contributed by atoms with van der Waals surface area (Å²) in [5, 5.41) is 6.44. The van der Waals surface area contributed by atoms with Crippen molar-refractivity contribution in [3.63, 3.8) is 0 Å². The Labute approximate surface area is 220 Å². The molecule has 2 fully saturated rings. The number of piperazine rings is 2. The van der Waals surface area contributed by atoms with E-state index >= 15 is 0 Å². The van der Waals surface area contributed by atoms with Crippen LogP contribution in [0.1, 0.15) is 25.0 Å². The summed E-state index contributed by atoms with van der Waals surface area (Å²) >= 11 is 0. The molecule has 37 heavy (non-hydrogen) atoms. The second-order valence-corrected chi connectivity index (χ2v) is 11.8. The molecule has 0 spiro atoms. The summed E-state index contributed by atoms with van der Waals surface area (Å²) in [6.45, 7) is 18.9. The highest BCUT2D eigenvalue weighted by molar-refractivity contribution is 7.89. The van der Waals surface area contributed by atoms with Gasteiger partial charge in [-0.15, -0.1) is 0 Å². The van der Waals surface area contributed by atoms with Crippen LogP contribution >= 0.6 is 0 Å². The van der Waals surface area contributed by atoms with E-state index in [1.54, 1.807) is 12.1 Å². The van der Waals surface area contributed by atoms with Gasteiger partial charge in [0, 0.05) is 63.6 Å². The van der Waals surface area contributed by atoms with Gasteiger partial charge in [-0.05, 0) is 50.1 Å². The fourth-order valence-corrected chi connectivity index (χ4v) is 7.19. The van der Waals surface area contributed by atoms with Crippen molar-refractivity contribution in [2.24, 2.45) is 0 Å². The maximum atomic E-state index is 13.4. The maximum Gasteiger partial charge on any atom is 0.242 e. The van der Waals surface area contributed by atoms with Crippen molar-refractivity contribution in [1.82, 2.24) is 19.4 Å². The van der Waals surface area contributed by atoms with Crippen molar-refractivity contribution in [3.8, 4) is 0 Å². The van der Waals surface area contributed by atoms with Gasteiger partial charge in [-0.25, -0.2) is 13.3 Å². The van der Waals surface area contributed by atoms with E-state index in [4.69, 9.17) is 6.57 Å². The van der Waals surface area contributed by atoms with Gasteiger partial charge in [0.15, 0.2) is 5.69 Å². The first-order valence-electron chi connectivity index (χ1n) is 12.7. The second-order valence-electron chi connectivity index (χ2n) is 10.0. The molecule has 0 saturated carbocycles. The highest BCUT2D eigenvalue weighted by atomic mass is 32.2. The molecule has 2 aromatic rings. The Morgan fingerprint density at radius 1 is 1.08 bits per heavy atom. The molecule has 0 unspecified atom stereocenters. The third-order valence-corrected chi connectivity index (χ3v) is 9.25. The number of carbonyl (C=O) groups is 1. The predicted molar refractivity (Wildman–Crippen MR) is 145 cm³/mol. The van der Waals surface area contributed by atoms with Gasteiger partial charge in [-0.3, -0.25) is 14.6 Å². The van der Waals surface area contributed by atoms with Crippen molar-refractivity contribution in [1.29, 1.82) is 0 Å². The van der Waals surface area contributed by atoms with Gasteiger partial charge in [0.25, 0.3) is 0 Å². The van der Waals surface area contributed by atoms with Crippen LogP contribution in [0.2, 0.25) is 0 Å². The van der Waals surface area contributed by atoms with Crippen LogP contribution < -0.4 is 10.6 Å². The lowest BCUT2D eigenvalue weighted by molar-refractivity contribution is -0.118. The Bertz CT molecular complexity index is 1260. The number of benzene rings is 2. The third kappa shape index (κ3) is 6.37. The fraction of sp³-hybridized carbons (Fsp3) is 0.481. The van der Waals surface area contributed by atoms with Crippen LogP contribution in [0.3, 0.4) is 0 Å². The molecule has 10 heteroatoms. The van der Waals surface area contributed by atoms with Crippen LogP contribution in [0, 0.1) is 13.5 Å². The van der Waals surface area contributed by atoms with Crippen LogP contribution in [0.15, 0.2) is 47.4 Å². The van der Waals surface area contributed by atoms with Crippen LogP contribution in [0.5, 0.6) is 0 Å².